The van der Waals surface area contributed by atoms with E-state index < -0.39 is 0 Å². The van der Waals surface area contributed by atoms with Crippen LogP contribution in [0.15, 0.2) is 29.8 Å². The van der Waals surface area contributed by atoms with Gasteiger partial charge in [-0.2, -0.15) is 11.8 Å². The van der Waals surface area contributed by atoms with Crippen LogP contribution < -0.4 is 0 Å². The van der Waals surface area contributed by atoms with Gasteiger partial charge in [-0.3, -0.25) is 9.88 Å². The first-order valence-electron chi connectivity index (χ1n) is 6.58. The molecule has 0 aromatic carbocycles. The van der Waals surface area contributed by atoms with Gasteiger partial charge in [-0.1, -0.05) is 6.07 Å². The predicted molar refractivity (Wildman–Crippen MR) is 82.6 cm³/mol. The second kappa shape index (κ2) is 6.50. The molecule has 0 atom stereocenters. The third kappa shape index (κ3) is 3.55. The van der Waals surface area contributed by atoms with Gasteiger partial charge in [0, 0.05) is 30.4 Å². The smallest absolute Gasteiger partial charge is 0.142 e. The van der Waals surface area contributed by atoms with Gasteiger partial charge in [0.05, 0.1) is 11.4 Å². The predicted octanol–water partition coefficient (Wildman–Crippen LogP) is 3.14. The summed E-state index contributed by atoms with van der Waals surface area (Å²) in [5.74, 6) is 2.55. The molecule has 0 N–H and O–H groups in total. The summed E-state index contributed by atoms with van der Waals surface area (Å²) in [4.78, 5) is 11.6. The van der Waals surface area contributed by atoms with E-state index in [2.05, 4.69) is 27.0 Å². The van der Waals surface area contributed by atoms with Gasteiger partial charge in [0.2, 0.25) is 0 Å². The Morgan fingerprint density at radius 1 is 1.21 bits per heavy atom. The molecule has 3 nitrogen and oxygen atoms in total. The summed E-state index contributed by atoms with van der Waals surface area (Å²) in [5.41, 5.74) is 2.16. The Hall–Kier alpha value is -0.910. The molecular weight excluding hydrogens is 274 g/mol. The van der Waals surface area contributed by atoms with Gasteiger partial charge in [0.25, 0.3) is 0 Å². The Morgan fingerprint density at radius 2 is 2.21 bits per heavy atom. The summed E-state index contributed by atoms with van der Waals surface area (Å²) in [6, 6.07) is 5.97. The van der Waals surface area contributed by atoms with E-state index in [4.69, 9.17) is 4.98 Å². The first kappa shape index (κ1) is 13.1. The van der Waals surface area contributed by atoms with Crippen molar-refractivity contribution >= 4 is 23.1 Å². The largest absolute Gasteiger partial charge is 0.297 e. The highest BCUT2D eigenvalue weighted by atomic mass is 32.2. The molecule has 1 fully saturated rings. The summed E-state index contributed by atoms with van der Waals surface area (Å²) >= 11 is 3.75. The van der Waals surface area contributed by atoms with Crippen molar-refractivity contribution in [2.45, 2.75) is 13.0 Å². The van der Waals surface area contributed by atoms with Gasteiger partial charge in [-0.25, -0.2) is 4.98 Å². The van der Waals surface area contributed by atoms with E-state index in [-0.39, 0.29) is 0 Å². The van der Waals surface area contributed by atoms with Crippen molar-refractivity contribution < 1.29 is 0 Å². The molecule has 0 unspecified atom stereocenters. The Balaban J connectivity index is 1.68. The van der Waals surface area contributed by atoms with Crippen molar-refractivity contribution in [3.8, 4) is 10.7 Å². The lowest BCUT2D eigenvalue weighted by molar-refractivity contribution is 0.285. The molecule has 2 aromatic rings. The number of thiazole rings is 1. The minimum absolute atomic E-state index is 0.976. The average Bonchev–Trinajstić information content (AvgIpc) is 2.76. The summed E-state index contributed by atoms with van der Waals surface area (Å²) in [6.07, 6.45) is 3.12. The Labute approximate surface area is 122 Å². The SMILES string of the molecule is c1ccc(-c2nc(CN3CCCSCC3)cs2)nc1. The average molecular weight is 291 g/mol. The van der Waals surface area contributed by atoms with E-state index in [0.717, 1.165) is 17.2 Å². The van der Waals surface area contributed by atoms with Gasteiger partial charge < -0.3 is 0 Å². The Kier molecular flexibility index (Phi) is 4.48. The number of pyridine rings is 1. The molecule has 19 heavy (non-hydrogen) atoms. The number of hydrogen-bond donors (Lipinski definition) is 0. The van der Waals surface area contributed by atoms with Crippen LogP contribution in [-0.4, -0.2) is 39.5 Å². The zero-order valence-electron chi connectivity index (χ0n) is 10.8. The molecule has 1 aliphatic rings. The number of nitrogens with zero attached hydrogens (tertiary/aromatic N) is 3. The molecule has 0 aliphatic carbocycles. The van der Waals surface area contributed by atoms with Crippen LogP contribution >= 0.6 is 23.1 Å². The third-order valence-electron chi connectivity index (χ3n) is 3.14. The van der Waals surface area contributed by atoms with Crippen LogP contribution in [0, 0.1) is 0 Å². The first-order valence-corrected chi connectivity index (χ1v) is 8.61. The standard InChI is InChI=1S/C14H17N3S2/c1-2-5-15-13(4-1)14-16-12(11-19-14)10-17-6-3-8-18-9-7-17/h1-2,4-5,11H,3,6-10H2. The topological polar surface area (TPSA) is 29.0 Å². The number of rotatable bonds is 3. The van der Waals surface area contributed by atoms with Crippen molar-refractivity contribution in [1.29, 1.82) is 0 Å². The van der Waals surface area contributed by atoms with Gasteiger partial charge in [-0.15, -0.1) is 11.3 Å². The second-order valence-corrected chi connectivity index (χ2v) is 6.68. The second-order valence-electron chi connectivity index (χ2n) is 4.60. The van der Waals surface area contributed by atoms with E-state index in [1.54, 1.807) is 11.3 Å². The fourth-order valence-electron chi connectivity index (χ4n) is 2.17. The lowest BCUT2D eigenvalue weighted by atomic mass is 10.3. The molecule has 3 heterocycles. The molecule has 100 valence electrons. The van der Waals surface area contributed by atoms with Crippen LogP contribution in [0.3, 0.4) is 0 Å². The van der Waals surface area contributed by atoms with Crippen molar-refractivity contribution in [1.82, 2.24) is 14.9 Å². The van der Waals surface area contributed by atoms with Crippen LogP contribution in [0.2, 0.25) is 0 Å². The summed E-state index contributed by atoms with van der Waals surface area (Å²) in [5, 5.41) is 3.20. The Morgan fingerprint density at radius 3 is 3.11 bits per heavy atom. The number of aromatic nitrogens is 2. The fourth-order valence-corrected chi connectivity index (χ4v) is 3.88. The molecule has 0 bridgehead atoms. The van der Waals surface area contributed by atoms with E-state index in [1.165, 1.54) is 36.7 Å². The van der Waals surface area contributed by atoms with Crippen LogP contribution in [0.4, 0.5) is 0 Å². The molecule has 1 aliphatic heterocycles. The monoisotopic (exact) mass is 291 g/mol. The van der Waals surface area contributed by atoms with Crippen LogP contribution in [0.1, 0.15) is 12.1 Å². The van der Waals surface area contributed by atoms with Gasteiger partial charge >= 0.3 is 0 Å². The first-order chi connectivity index (χ1) is 9.42. The van der Waals surface area contributed by atoms with E-state index in [9.17, 15) is 0 Å². The maximum absolute atomic E-state index is 4.71. The van der Waals surface area contributed by atoms with Crippen LogP contribution in [0.25, 0.3) is 10.7 Å². The molecular formula is C14H17N3S2. The van der Waals surface area contributed by atoms with Crippen LogP contribution in [-0.2, 0) is 6.54 Å². The minimum atomic E-state index is 0.976. The molecule has 3 rings (SSSR count). The lowest BCUT2D eigenvalue weighted by Gasteiger charge is -2.17. The highest BCUT2D eigenvalue weighted by molar-refractivity contribution is 7.99. The summed E-state index contributed by atoms with van der Waals surface area (Å²) < 4.78 is 0. The minimum Gasteiger partial charge on any atom is -0.297 e. The summed E-state index contributed by atoms with van der Waals surface area (Å²) in [7, 11) is 0. The summed E-state index contributed by atoms with van der Waals surface area (Å²) in [6.45, 7) is 3.36. The highest BCUT2D eigenvalue weighted by Gasteiger charge is 2.12. The normalized spacial score (nSPS) is 17.3. The highest BCUT2D eigenvalue weighted by Crippen LogP contribution is 2.22. The molecule has 0 saturated carbocycles. The van der Waals surface area contributed by atoms with Gasteiger partial charge in [0.15, 0.2) is 0 Å². The van der Waals surface area contributed by atoms with Crippen molar-refractivity contribution in [3.05, 3.63) is 35.5 Å². The third-order valence-corrected chi connectivity index (χ3v) is 5.10. The zero-order chi connectivity index (χ0) is 12.9. The van der Waals surface area contributed by atoms with Crippen LogP contribution in [0.5, 0.6) is 0 Å². The maximum Gasteiger partial charge on any atom is 0.142 e. The molecule has 0 spiro atoms. The van der Waals surface area contributed by atoms with E-state index in [1.807, 2.05) is 24.4 Å². The van der Waals surface area contributed by atoms with E-state index >= 15 is 0 Å². The zero-order valence-corrected chi connectivity index (χ0v) is 12.4. The van der Waals surface area contributed by atoms with Gasteiger partial charge in [-0.05, 0) is 30.9 Å². The molecule has 2 aromatic heterocycles. The molecule has 0 amide bonds. The lowest BCUT2D eigenvalue weighted by Crippen LogP contribution is -2.25. The molecule has 5 heteroatoms. The molecule has 1 saturated heterocycles. The van der Waals surface area contributed by atoms with Crippen molar-refractivity contribution in [2.24, 2.45) is 0 Å². The molecule has 0 radical (unpaired) electrons. The Bertz CT molecular complexity index is 504. The fraction of sp³-hybridized carbons (Fsp3) is 0.429. The van der Waals surface area contributed by atoms with Crippen molar-refractivity contribution in [3.63, 3.8) is 0 Å². The maximum atomic E-state index is 4.71. The number of thioether (sulfide) groups is 1. The number of hydrogen-bond acceptors (Lipinski definition) is 5. The quantitative estimate of drug-likeness (QED) is 0.869. The van der Waals surface area contributed by atoms with Crippen molar-refractivity contribution in [2.75, 3.05) is 24.6 Å². The van der Waals surface area contributed by atoms with Gasteiger partial charge in [0.1, 0.15) is 5.01 Å². The van der Waals surface area contributed by atoms with E-state index in [0.29, 0.717) is 0 Å².